The lowest BCUT2D eigenvalue weighted by molar-refractivity contribution is 0.584. The highest BCUT2D eigenvalue weighted by Crippen LogP contribution is 2.36. The quantitative estimate of drug-likeness (QED) is 0.806. The molecular weight excluding hydrogens is 371 g/mol. The SMILES string of the molecule is O=S1(=O)CCCc2nc(Cl)nc(Nc3c(Cl)cncc3Cl)c21. The van der Waals surface area contributed by atoms with Crippen molar-refractivity contribution in [2.24, 2.45) is 0 Å². The van der Waals surface area contributed by atoms with Crippen LogP contribution in [0.2, 0.25) is 15.3 Å². The first-order valence-corrected chi connectivity index (χ1v) is 9.02. The van der Waals surface area contributed by atoms with E-state index in [1.54, 1.807) is 0 Å². The Morgan fingerprint density at radius 3 is 2.45 bits per heavy atom. The van der Waals surface area contributed by atoms with Gasteiger partial charge < -0.3 is 5.32 Å². The molecule has 0 amide bonds. The molecule has 0 aliphatic carbocycles. The number of sulfone groups is 1. The highest BCUT2D eigenvalue weighted by molar-refractivity contribution is 7.91. The molecule has 6 nitrogen and oxygen atoms in total. The zero-order valence-electron chi connectivity index (χ0n) is 11.0. The number of rotatable bonds is 2. The first-order chi connectivity index (χ1) is 10.4. The summed E-state index contributed by atoms with van der Waals surface area (Å²) in [6.07, 6.45) is 3.79. The van der Waals surface area contributed by atoms with Crippen LogP contribution >= 0.6 is 34.8 Å². The van der Waals surface area contributed by atoms with E-state index in [0.717, 1.165) is 0 Å². The van der Waals surface area contributed by atoms with Gasteiger partial charge in [0, 0.05) is 12.4 Å². The lowest BCUT2D eigenvalue weighted by Crippen LogP contribution is -2.20. The summed E-state index contributed by atoms with van der Waals surface area (Å²) in [6.45, 7) is 0. The third-order valence-corrected chi connectivity index (χ3v) is 5.76. The second-order valence-electron chi connectivity index (χ2n) is 4.64. The Bertz CT molecular complexity index is 837. The van der Waals surface area contributed by atoms with Crippen molar-refractivity contribution in [2.75, 3.05) is 11.1 Å². The third-order valence-electron chi connectivity index (χ3n) is 3.14. The molecule has 0 aromatic carbocycles. The number of hydrogen-bond acceptors (Lipinski definition) is 6. The number of halogens is 3. The smallest absolute Gasteiger partial charge is 0.224 e. The topological polar surface area (TPSA) is 84.8 Å². The van der Waals surface area contributed by atoms with Gasteiger partial charge in [0.15, 0.2) is 15.7 Å². The van der Waals surface area contributed by atoms with E-state index in [2.05, 4.69) is 20.3 Å². The van der Waals surface area contributed by atoms with Crippen LogP contribution in [0, 0.1) is 0 Å². The molecule has 0 saturated heterocycles. The number of aryl methyl sites for hydroxylation is 1. The molecule has 0 atom stereocenters. The minimum absolute atomic E-state index is 0.0392. The molecule has 116 valence electrons. The van der Waals surface area contributed by atoms with Crippen LogP contribution in [0.4, 0.5) is 11.5 Å². The van der Waals surface area contributed by atoms with Gasteiger partial charge in [0.05, 0.1) is 27.2 Å². The highest BCUT2D eigenvalue weighted by Gasteiger charge is 2.30. The lowest BCUT2D eigenvalue weighted by atomic mass is 10.2. The molecule has 1 aliphatic rings. The van der Waals surface area contributed by atoms with Crippen molar-refractivity contribution in [2.45, 2.75) is 17.7 Å². The van der Waals surface area contributed by atoms with E-state index in [0.29, 0.717) is 24.2 Å². The van der Waals surface area contributed by atoms with Crippen LogP contribution in [0.25, 0.3) is 0 Å². The van der Waals surface area contributed by atoms with Gasteiger partial charge in [-0.05, 0) is 24.4 Å². The van der Waals surface area contributed by atoms with E-state index < -0.39 is 9.84 Å². The maximum atomic E-state index is 12.3. The van der Waals surface area contributed by atoms with Gasteiger partial charge >= 0.3 is 0 Å². The molecule has 0 fully saturated rings. The normalized spacial score (nSPS) is 16.1. The monoisotopic (exact) mass is 378 g/mol. The van der Waals surface area contributed by atoms with E-state index in [1.165, 1.54) is 12.4 Å². The van der Waals surface area contributed by atoms with Crippen LogP contribution in [-0.4, -0.2) is 29.1 Å². The van der Waals surface area contributed by atoms with Crippen molar-refractivity contribution in [1.29, 1.82) is 0 Å². The Morgan fingerprint density at radius 2 is 1.77 bits per heavy atom. The van der Waals surface area contributed by atoms with Gasteiger partial charge in [-0.1, -0.05) is 23.2 Å². The summed E-state index contributed by atoms with van der Waals surface area (Å²) in [5.74, 6) is 0.113. The maximum absolute atomic E-state index is 12.3. The fraction of sp³-hybridized carbons (Fsp3) is 0.250. The minimum atomic E-state index is -3.48. The van der Waals surface area contributed by atoms with Crippen molar-refractivity contribution < 1.29 is 8.42 Å². The lowest BCUT2D eigenvalue weighted by Gasteiger charge is -2.19. The molecular formula is C12H9Cl3N4O2S. The van der Waals surface area contributed by atoms with E-state index in [9.17, 15) is 8.42 Å². The minimum Gasteiger partial charge on any atom is -0.336 e. The van der Waals surface area contributed by atoms with Gasteiger partial charge in [-0.3, -0.25) is 4.98 Å². The standard InChI is InChI=1S/C12H9Cl3N4O2S/c13-6-4-16-5-7(14)9(6)18-11-10-8(17-12(15)19-11)2-1-3-22(10,20)21/h4-5H,1-3H2,(H,16,17,18,19). The van der Waals surface area contributed by atoms with Crippen LogP contribution in [0.5, 0.6) is 0 Å². The predicted octanol–water partition coefficient (Wildman–Crippen LogP) is 3.30. The van der Waals surface area contributed by atoms with Crippen LogP contribution in [0.3, 0.4) is 0 Å². The maximum Gasteiger partial charge on any atom is 0.224 e. The fourth-order valence-corrected chi connectivity index (χ4v) is 4.50. The Labute approximate surface area is 141 Å². The molecule has 22 heavy (non-hydrogen) atoms. The van der Waals surface area contributed by atoms with Crippen molar-refractivity contribution in [3.8, 4) is 0 Å². The zero-order chi connectivity index (χ0) is 15.9. The molecule has 10 heteroatoms. The Balaban J connectivity index is 2.18. The van der Waals surface area contributed by atoms with Gasteiger partial charge in [-0.2, -0.15) is 4.98 Å². The van der Waals surface area contributed by atoms with E-state index in [1.807, 2.05) is 0 Å². The average Bonchev–Trinajstić information content (AvgIpc) is 2.41. The van der Waals surface area contributed by atoms with Crippen molar-refractivity contribution >= 4 is 56.1 Å². The van der Waals surface area contributed by atoms with Gasteiger partial charge in [-0.15, -0.1) is 0 Å². The molecule has 2 aromatic rings. The fourth-order valence-electron chi connectivity index (χ4n) is 2.23. The summed E-state index contributed by atoms with van der Waals surface area (Å²) in [4.78, 5) is 11.9. The highest BCUT2D eigenvalue weighted by atomic mass is 35.5. The largest absolute Gasteiger partial charge is 0.336 e. The Morgan fingerprint density at radius 1 is 1.09 bits per heavy atom. The summed E-state index contributed by atoms with van der Waals surface area (Å²) in [7, 11) is -3.48. The third kappa shape index (κ3) is 2.86. The molecule has 0 unspecified atom stereocenters. The van der Waals surface area contributed by atoms with Crippen LogP contribution in [0.15, 0.2) is 17.3 Å². The number of nitrogens with one attached hydrogen (secondary N) is 1. The van der Waals surface area contributed by atoms with E-state index in [-0.39, 0.29) is 31.8 Å². The second kappa shape index (κ2) is 5.81. The number of pyridine rings is 1. The van der Waals surface area contributed by atoms with Gasteiger partial charge in [0.25, 0.3) is 0 Å². The molecule has 3 rings (SSSR count). The van der Waals surface area contributed by atoms with Crippen LogP contribution in [-0.2, 0) is 16.3 Å². The summed E-state index contributed by atoms with van der Waals surface area (Å²) in [5, 5.41) is 3.28. The second-order valence-corrected chi connectivity index (χ2v) is 7.84. The van der Waals surface area contributed by atoms with E-state index in [4.69, 9.17) is 34.8 Å². The summed E-state index contributed by atoms with van der Waals surface area (Å²) in [5.41, 5.74) is 0.714. The van der Waals surface area contributed by atoms with Gasteiger partial charge in [0.1, 0.15) is 4.90 Å². The first kappa shape index (κ1) is 15.7. The van der Waals surface area contributed by atoms with Crippen molar-refractivity contribution in [3.05, 3.63) is 33.4 Å². The Kier molecular flexibility index (Phi) is 4.15. The number of hydrogen-bond donors (Lipinski definition) is 1. The molecule has 3 heterocycles. The Hall–Kier alpha value is -1.15. The molecule has 0 saturated carbocycles. The molecule has 2 aromatic heterocycles. The van der Waals surface area contributed by atoms with Gasteiger partial charge in [-0.25, -0.2) is 13.4 Å². The molecule has 0 radical (unpaired) electrons. The molecule has 0 bridgehead atoms. The zero-order valence-corrected chi connectivity index (χ0v) is 14.1. The summed E-state index contributed by atoms with van der Waals surface area (Å²) < 4.78 is 24.6. The predicted molar refractivity (Wildman–Crippen MR) is 85.0 cm³/mol. The number of fused-ring (bicyclic) bond motifs is 1. The summed E-state index contributed by atoms with van der Waals surface area (Å²) in [6, 6.07) is 0. The van der Waals surface area contributed by atoms with Gasteiger partial charge in [0.2, 0.25) is 5.28 Å². The van der Waals surface area contributed by atoms with E-state index >= 15 is 0 Å². The summed E-state index contributed by atoms with van der Waals surface area (Å²) >= 11 is 18.0. The molecule has 1 aliphatic heterocycles. The van der Waals surface area contributed by atoms with Crippen LogP contribution < -0.4 is 5.32 Å². The first-order valence-electron chi connectivity index (χ1n) is 6.23. The van der Waals surface area contributed by atoms with Crippen LogP contribution in [0.1, 0.15) is 12.1 Å². The number of aromatic nitrogens is 3. The number of nitrogens with zero attached hydrogens (tertiary/aromatic N) is 3. The van der Waals surface area contributed by atoms with Crippen molar-refractivity contribution in [3.63, 3.8) is 0 Å². The van der Waals surface area contributed by atoms with Crippen molar-refractivity contribution in [1.82, 2.24) is 15.0 Å². The molecule has 1 N–H and O–H groups in total. The average molecular weight is 380 g/mol. The number of anilines is 2. The molecule has 0 spiro atoms.